The van der Waals surface area contributed by atoms with Gasteiger partial charge in [0.2, 0.25) is 0 Å². The molecule has 0 spiro atoms. The summed E-state index contributed by atoms with van der Waals surface area (Å²) in [5, 5.41) is 11.8. The normalized spacial score (nSPS) is 17.2. The minimum atomic E-state index is -3.74. The van der Waals surface area contributed by atoms with E-state index in [4.69, 9.17) is 0 Å². The fraction of sp³-hybridized carbons (Fsp3) is 0.276. The van der Waals surface area contributed by atoms with Crippen LogP contribution in [0.4, 0.5) is 0 Å². The number of rotatable bonds is 6. The highest BCUT2D eigenvalue weighted by molar-refractivity contribution is 7.90. The predicted octanol–water partition coefficient (Wildman–Crippen LogP) is 4.74. The Hall–Kier alpha value is -3.26. The fourth-order valence-electron chi connectivity index (χ4n) is 5.03. The molecule has 1 aliphatic heterocycles. The number of carbonyl (C=O) groups is 1. The van der Waals surface area contributed by atoms with Crippen molar-refractivity contribution in [1.29, 1.82) is 0 Å². The van der Waals surface area contributed by atoms with E-state index in [1.165, 1.54) is 10.2 Å². The van der Waals surface area contributed by atoms with E-state index >= 15 is 0 Å². The number of hydrogen-bond acceptors (Lipinski definition) is 5. The van der Waals surface area contributed by atoms with Crippen molar-refractivity contribution in [3.63, 3.8) is 0 Å². The molecular weight excluding hydrogens is 472 g/mol. The summed E-state index contributed by atoms with van der Waals surface area (Å²) in [6.07, 6.45) is 2.66. The average Bonchev–Trinajstić information content (AvgIpc) is 3.33. The van der Waals surface area contributed by atoms with Crippen LogP contribution in [-0.2, 0) is 15.6 Å². The van der Waals surface area contributed by atoms with Gasteiger partial charge in [0.25, 0.3) is 10.0 Å². The van der Waals surface area contributed by atoms with Crippen molar-refractivity contribution in [3.05, 3.63) is 102 Å². The van der Waals surface area contributed by atoms with E-state index < -0.39 is 15.6 Å². The molecule has 1 unspecified atom stereocenters. The van der Waals surface area contributed by atoms with Gasteiger partial charge in [0.05, 0.1) is 22.1 Å². The maximum atomic E-state index is 13.3. The van der Waals surface area contributed by atoms with Crippen molar-refractivity contribution in [2.45, 2.75) is 43.2 Å². The van der Waals surface area contributed by atoms with Gasteiger partial charge in [-0.15, -0.1) is 0 Å². The quantitative estimate of drug-likeness (QED) is 0.385. The largest absolute Gasteiger partial charge is 0.385 e. The maximum Gasteiger partial charge on any atom is 0.268 e. The van der Waals surface area contributed by atoms with Crippen molar-refractivity contribution in [2.24, 2.45) is 0 Å². The number of likely N-dealkylation sites (tertiary alicyclic amines) is 1. The molecule has 0 bridgehead atoms. The Morgan fingerprint density at radius 1 is 0.944 bits per heavy atom. The number of piperidine rings is 1. The van der Waals surface area contributed by atoms with Gasteiger partial charge in [0, 0.05) is 30.2 Å². The Labute approximate surface area is 211 Å². The molecule has 0 radical (unpaired) electrons. The van der Waals surface area contributed by atoms with Gasteiger partial charge in [-0.05, 0) is 68.7 Å². The van der Waals surface area contributed by atoms with Gasteiger partial charge in [-0.2, -0.15) is 0 Å². The molecule has 7 heteroatoms. The molecule has 1 N–H and O–H groups in total. The van der Waals surface area contributed by atoms with Gasteiger partial charge >= 0.3 is 0 Å². The second-order valence-electron chi connectivity index (χ2n) is 9.68. The average molecular weight is 503 g/mol. The minimum absolute atomic E-state index is 0.0174. The van der Waals surface area contributed by atoms with Gasteiger partial charge in [-0.3, -0.25) is 9.69 Å². The lowest BCUT2D eigenvalue weighted by Gasteiger charge is -2.40. The first kappa shape index (κ1) is 24.4. The zero-order valence-corrected chi connectivity index (χ0v) is 21.3. The van der Waals surface area contributed by atoms with E-state index in [1.807, 2.05) is 44.2 Å². The number of ketones is 1. The molecule has 1 aliphatic rings. The second kappa shape index (κ2) is 9.32. The number of nitrogens with zero attached hydrogens (tertiary/aromatic N) is 2. The standard InChI is InChI=1S/C29H30N2O4S/c1-21-8-11-26(12-9-21)36(34,35)31-17-14-23-20-24(10-13-27(23)31)28(32)22(2)30-18-15-29(33,16-19-30)25-6-4-3-5-7-25/h3-14,17,20,22,33H,15-16,18-19H2,1-2H3. The van der Waals surface area contributed by atoms with E-state index in [2.05, 4.69) is 4.90 Å². The summed E-state index contributed by atoms with van der Waals surface area (Å²) >= 11 is 0. The first-order chi connectivity index (χ1) is 17.2. The number of benzene rings is 3. The van der Waals surface area contributed by atoms with Crippen LogP contribution in [0, 0.1) is 6.92 Å². The fourth-order valence-corrected chi connectivity index (χ4v) is 6.38. The van der Waals surface area contributed by atoms with Crippen LogP contribution in [0.1, 0.15) is 41.3 Å². The second-order valence-corrected chi connectivity index (χ2v) is 11.5. The van der Waals surface area contributed by atoms with Crippen LogP contribution < -0.4 is 0 Å². The van der Waals surface area contributed by atoms with Gasteiger partial charge in [0.1, 0.15) is 0 Å². The number of aryl methyl sites for hydroxylation is 1. The predicted molar refractivity (Wildman–Crippen MR) is 141 cm³/mol. The third-order valence-corrected chi connectivity index (χ3v) is 9.08. The number of hydrogen-bond donors (Lipinski definition) is 1. The van der Waals surface area contributed by atoms with Crippen LogP contribution in [0.2, 0.25) is 0 Å². The van der Waals surface area contributed by atoms with Crippen molar-refractivity contribution in [1.82, 2.24) is 8.87 Å². The molecule has 0 amide bonds. The molecule has 1 atom stereocenters. The van der Waals surface area contributed by atoms with Crippen molar-refractivity contribution < 1.29 is 18.3 Å². The smallest absolute Gasteiger partial charge is 0.268 e. The van der Waals surface area contributed by atoms with Gasteiger partial charge in [-0.1, -0.05) is 48.0 Å². The SMILES string of the molecule is Cc1ccc(S(=O)(=O)n2ccc3cc(C(=O)C(C)N4CCC(O)(c5ccccc5)CC4)ccc32)cc1. The Morgan fingerprint density at radius 3 is 2.28 bits per heavy atom. The third kappa shape index (κ3) is 4.39. The van der Waals surface area contributed by atoms with Gasteiger partial charge in [0.15, 0.2) is 5.78 Å². The molecule has 6 nitrogen and oxygen atoms in total. The zero-order valence-electron chi connectivity index (χ0n) is 20.5. The summed E-state index contributed by atoms with van der Waals surface area (Å²) in [5.74, 6) is -0.0174. The van der Waals surface area contributed by atoms with E-state index in [9.17, 15) is 18.3 Å². The lowest BCUT2D eigenvalue weighted by Crippen LogP contribution is -2.48. The monoisotopic (exact) mass is 502 g/mol. The molecule has 1 aromatic heterocycles. The number of Topliss-reactive ketones (excluding diaryl/α,β-unsaturated/α-hetero) is 1. The summed E-state index contributed by atoms with van der Waals surface area (Å²) in [7, 11) is -3.74. The molecular formula is C29H30N2O4S. The van der Waals surface area contributed by atoms with Crippen LogP contribution in [0.15, 0.2) is 90.0 Å². The minimum Gasteiger partial charge on any atom is -0.385 e. The van der Waals surface area contributed by atoms with E-state index in [1.54, 1.807) is 48.5 Å². The molecule has 0 saturated carbocycles. The van der Waals surface area contributed by atoms with Gasteiger partial charge in [-0.25, -0.2) is 12.4 Å². The molecule has 5 rings (SSSR count). The van der Waals surface area contributed by atoms with E-state index in [-0.39, 0.29) is 16.7 Å². The summed E-state index contributed by atoms with van der Waals surface area (Å²) in [6.45, 7) is 5.04. The number of carbonyl (C=O) groups excluding carboxylic acids is 1. The molecule has 3 aromatic carbocycles. The molecule has 4 aromatic rings. The summed E-state index contributed by atoms with van der Waals surface area (Å²) in [4.78, 5) is 15.7. The Balaban J connectivity index is 1.33. The van der Waals surface area contributed by atoms with Gasteiger partial charge < -0.3 is 5.11 Å². The molecule has 186 valence electrons. The lowest BCUT2D eigenvalue weighted by molar-refractivity contribution is -0.0318. The molecule has 0 aliphatic carbocycles. The van der Waals surface area contributed by atoms with E-state index in [0.29, 0.717) is 42.4 Å². The Kier molecular flexibility index (Phi) is 6.32. The highest BCUT2D eigenvalue weighted by atomic mass is 32.2. The molecule has 2 heterocycles. The summed E-state index contributed by atoms with van der Waals surface area (Å²) in [5.41, 5.74) is 2.11. The van der Waals surface area contributed by atoms with Crippen molar-refractivity contribution in [3.8, 4) is 0 Å². The van der Waals surface area contributed by atoms with Crippen LogP contribution in [0.5, 0.6) is 0 Å². The number of aliphatic hydroxyl groups is 1. The van der Waals surface area contributed by atoms with E-state index in [0.717, 1.165) is 11.1 Å². The lowest BCUT2D eigenvalue weighted by atomic mass is 9.84. The molecule has 1 saturated heterocycles. The maximum absolute atomic E-state index is 13.3. The van der Waals surface area contributed by atoms with Crippen molar-refractivity contribution >= 4 is 26.7 Å². The molecule has 36 heavy (non-hydrogen) atoms. The molecule has 1 fully saturated rings. The highest BCUT2D eigenvalue weighted by Crippen LogP contribution is 2.33. The summed E-state index contributed by atoms with van der Waals surface area (Å²) in [6, 6.07) is 23.0. The Morgan fingerprint density at radius 2 is 1.61 bits per heavy atom. The first-order valence-electron chi connectivity index (χ1n) is 12.2. The number of aromatic nitrogens is 1. The Bertz CT molecular complexity index is 1500. The first-order valence-corrected chi connectivity index (χ1v) is 13.6. The number of fused-ring (bicyclic) bond motifs is 1. The van der Waals surface area contributed by atoms with Crippen LogP contribution >= 0.6 is 0 Å². The van der Waals surface area contributed by atoms with Crippen LogP contribution in [0.3, 0.4) is 0 Å². The zero-order chi connectivity index (χ0) is 25.5. The topological polar surface area (TPSA) is 79.6 Å². The van der Waals surface area contributed by atoms with Crippen LogP contribution in [0.25, 0.3) is 10.9 Å². The summed E-state index contributed by atoms with van der Waals surface area (Å²) < 4.78 is 27.6. The third-order valence-electron chi connectivity index (χ3n) is 7.38. The van der Waals surface area contributed by atoms with Crippen LogP contribution in [-0.4, -0.2) is 47.3 Å². The van der Waals surface area contributed by atoms with Crippen molar-refractivity contribution in [2.75, 3.05) is 13.1 Å². The highest BCUT2D eigenvalue weighted by Gasteiger charge is 2.36.